The molecular formula is C7H18N2O3S. The quantitative estimate of drug-likeness (QED) is 0.606. The third kappa shape index (κ3) is 6.94. The Labute approximate surface area is 79.7 Å². The highest BCUT2D eigenvalue weighted by Crippen LogP contribution is 1.95. The lowest BCUT2D eigenvalue weighted by Gasteiger charge is -2.19. The maximum atomic E-state index is 10.6. The minimum absolute atomic E-state index is 0.0478. The molecule has 0 bridgehead atoms. The monoisotopic (exact) mass is 210 g/mol. The van der Waals surface area contributed by atoms with Crippen molar-refractivity contribution in [3.05, 3.63) is 0 Å². The third-order valence-electron chi connectivity index (χ3n) is 1.93. The Morgan fingerprint density at radius 3 is 2.38 bits per heavy atom. The highest BCUT2D eigenvalue weighted by Gasteiger charge is 2.10. The fourth-order valence-corrected chi connectivity index (χ4v) is 1.20. The number of primary sulfonamides is 1. The summed E-state index contributed by atoms with van der Waals surface area (Å²) >= 11 is 0. The van der Waals surface area contributed by atoms with Crippen molar-refractivity contribution < 1.29 is 13.2 Å². The van der Waals surface area contributed by atoms with E-state index in [-0.39, 0.29) is 17.9 Å². The number of hydrogen-bond donors (Lipinski definition) is 2. The van der Waals surface area contributed by atoms with Crippen molar-refractivity contribution in [2.24, 2.45) is 5.14 Å². The Morgan fingerprint density at radius 1 is 1.46 bits per heavy atom. The zero-order valence-electron chi connectivity index (χ0n) is 8.28. The molecule has 0 heterocycles. The van der Waals surface area contributed by atoms with Crippen molar-refractivity contribution in [3.63, 3.8) is 0 Å². The summed E-state index contributed by atoms with van der Waals surface area (Å²) in [4.78, 5) is 0. The lowest BCUT2D eigenvalue weighted by molar-refractivity contribution is 0.0895. The lowest BCUT2D eigenvalue weighted by atomic mass is 10.2. The maximum Gasteiger partial charge on any atom is 0.210 e. The molecule has 3 N–H and O–H groups in total. The first-order valence-electron chi connectivity index (χ1n) is 4.13. The average Bonchev–Trinajstić information content (AvgIpc) is 2.00. The molecule has 0 fully saturated rings. The first kappa shape index (κ1) is 12.8. The van der Waals surface area contributed by atoms with E-state index in [4.69, 9.17) is 9.88 Å². The molecule has 0 aliphatic rings. The van der Waals surface area contributed by atoms with E-state index in [0.29, 0.717) is 6.54 Å². The minimum atomic E-state index is -3.36. The molecule has 0 amide bonds. The van der Waals surface area contributed by atoms with Gasteiger partial charge < -0.3 is 10.1 Å². The molecule has 2 unspecified atom stereocenters. The fraction of sp³-hybridized carbons (Fsp3) is 1.00. The number of sulfonamides is 1. The van der Waals surface area contributed by atoms with Gasteiger partial charge in [-0.2, -0.15) is 0 Å². The molecule has 0 rings (SSSR count). The van der Waals surface area contributed by atoms with Crippen molar-refractivity contribution in [2.75, 3.05) is 19.4 Å². The van der Waals surface area contributed by atoms with Crippen LogP contribution in [0.3, 0.4) is 0 Å². The maximum absolute atomic E-state index is 10.6. The number of rotatable bonds is 6. The van der Waals surface area contributed by atoms with E-state index in [1.165, 1.54) is 0 Å². The summed E-state index contributed by atoms with van der Waals surface area (Å²) in [5, 5.41) is 7.84. The van der Waals surface area contributed by atoms with Gasteiger partial charge in [0.15, 0.2) is 0 Å². The summed E-state index contributed by atoms with van der Waals surface area (Å²) in [5.74, 6) is -0.0478. The van der Waals surface area contributed by atoms with Gasteiger partial charge in [0.25, 0.3) is 0 Å². The van der Waals surface area contributed by atoms with Crippen molar-refractivity contribution in [2.45, 2.75) is 26.0 Å². The number of ether oxygens (including phenoxy) is 1. The first-order valence-corrected chi connectivity index (χ1v) is 5.85. The predicted octanol–water partition coefficient (Wildman–Crippen LogP) is -0.712. The van der Waals surface area contributed by atoms with E-state index in [1.807, 2.05) is 13.8 Å². The van der Waals surface area contributed by atoms with E-state index in [9.17, 15) is 8.42 Å². The van der Waals surface area contributed by atoms with Crippen LogP contribution in [0.2, 0.25) is 0 Å². The molecule has 80 valence electrons. The molecule has 0 radical (unpaired) electrons. The summed E-state index contributed by atoms with van der Waals surface area (Å²) in [6.45, 7) is 4.19. The van der Waals surface area contributed by atoms with Crippen LogP contribution >= 0.6 is 0 Å². The molecule has 0 spiro atoms. The van der Waals surface area contributed by atoms with E-state index in [0.717, 1.165) is 0 Å². The largest absolute Gasteiger partial charge is 0.380 e. The highest BCUT2D eigenvalue weighted by atomic mass is 32.2. The Hall–Kier alpha value is -0.170. The molecule has 13 heavy (non-hydrogen) atoms. The van der Waals surface area contributed by atoms with Gasteiger partial charge in [0.2, 0.25) is 10.0 Å². The topological polar surface area (TPSA) is 81.4 Å². The van der Waals surface area contributed by atoms with Crippen LogP contribution in [-0.4, -0.2) is 40.0 Å². The molecule has 0 saturated carbocycles. The van der Waals surface area contributed by atoms with Gasteiger partial charge in [-0.25, -0.2) is 13.6 Å². The molecule has 5 nitrogen and oxygen atoms in total. The average molecular weight is 210 g/mol. The van der Waals surface area contributed by atoms with Crippen LogP contribution in [0.15, 0.2) is 0 Å². The van der Waals surface area contributed by atoms with Gasteiger partial charge in [-0.3, -0.25) is 0 Å². The first-order chi connectivity index (χ1) is 5.87. The Morgan fingerprint density at radius 2 is 2.00 bits per heavy atom. The summed E-state index contributed by atoms with van der Waals surface area (Å²) < 4.78 is 26.2. The number of methoxy groups -OCH3 is 1. The van der Waals surface area contributed by atoms with Crippen LogP contribution in [0.1, 0.15) is 13.8 Å². The number of nitrogens with two attached hydrogens (primary N) is 1. The summed E-state index contributed by atoms with van der Waals surface area (Å²) in [5.41, 5.74) is 0. The van der Waals surface area contributed by atoms with E-state index < -0.39 is 10.0 Å². The van der Waals surface area contributed by atoms with Gasteiger partial charge >= 0.3 is 0 Å². The third-order valence-corrected chi connectivity index (χ3v) is 2.70. The van der Waals surface area contributed by atoms with Gasteiger partial charge in [-0.05, 0) is 13.8 Å². The van der Waals surface area contributed by atoms with Crippen molar-refractivity contribution in [3.8, 4) is 0 Å². The van der Waals surface area contributed by atoms with Crippen LogP contribution in [0.25, 0.3) is 0 Å². The normalized spacial score (nSPS) is 16.9. The van der Waals surface area contributed by atoms with Gasteiger partial charge in [0.05, 0.1) is 11.9 Å². The van der Waals surface area contributed by atoms with E-state index in [1.54, 1.807) is 7.11 Å². The lowest BCUT2D eigenvalue weighted by Crippen LogP contribution is -2.39. The minimum Gasteiger partial charge on any atom is -0.380 e. The molecule has 0 aliphatic carbocycles. The Kier molecular flexibility index (Phi) is 5.46. The molecule has 0 aromatic carbocycles. The van der Waals surface area contributed by atoms with Crippen molar-refractivity contribution in [1.29, 1.82) is 0 Å². The fourth-order valence-electron chi connectivity index (χ4n) is 0.799. The molecule has 6 heteroatoms. The second kappa shape index (κ2) is 5.54. The van der Waals surface area contributed by atoms with Crippen LogP contribution < -0.4 is 10.5 Å². The zero-order chi connectivity index (χ0) is 10.5. The second-order valence-electron chi connectivity index (χ2n) is 3.05. The van der Waals surface area contributed by atoms with Gasteiger partial charge in [-0.1, -0.05) is 0 Å². The van der Waals surface area contributed by atoms with Crippen LogP contribution in [-0.2, 0) is 14.8 Å². The molecule has 0 aliphatic heterocycles. The van der Waals surface area contributed by atoms with Crippen LogP contribution in [0, 0.1) is 0 Å². The smallest absolute Gasteiger partial charge is 0.210 e. The Balaban J connectivity index is 3.65. The van der Waals surface area contributed by atoms with Crippen LogP contribution in [0.4, 0.5) is 0 Å². The summed E-state index contributed by atoms with van der Waals surface area (Å²) in [7, 11) is -1.74. The predicted molar refractivity (Wildman–Crippen MR) is 51.9 cm³/mol. The molecule has 0 saturated heterocycles. The zero-order valence-corrected chi connectivity index (χ0v) is 9.10. The van der Waals surface area contributed by atoms with Gasteiger partial charge in [-0.15, -0.1) is 0 Å². The van der Waals surface area contributed by atoms with Gasteiger partial charge in [0.1, 0.15) is 0 Å². The van der Waals surface area contributed by atoms with Crippen molar-refractivity contribution in [1.82, 2.24) is 5.32 Å². The summed E-state index contributed by atoms with van der Waals surface area (Å²) in [6, 6.07) is 0.117. The van der Waals surface area contributed by atoms with E-state index >= 15 is 0 Å². The number of hydrogen-bond acceptors (Lipinski definition) is 4. The second-order valence-corrected chi connectivity index (χ2v) is 4.78. The highest BCUT2D eigenvalue weighted by molar-refractivity contribution is 7.89. The molecule has 2 atom stereocenters. The summed E-state index contributed by atoms with van der Waals surface area (Å²) in [6.07, 6.45) is 0.0560. The van der Waals surface area contributed by atoms with E-state index in [2.05, 4.69) is 5.32 Å². The standard InChI is InChI=1S/C7H18N2O3S/c1-6(7(2)12-3)9-4-5-13(8,10)11/h6-7,9H,4-5H2,1-3H3,(H2,8,10,11). The Bertz CT molecular complexity index is 228. The molecule has 0 aromatic heterocycles. The molecular weight excluding hydrogens is 192 g/mol. The molecule has 0 aromatic rings. The van der Waals surface area contributed by atoms with Crippen LogP contribution in [0.5, 0.6) is 0 Å². The van der Waals surface area contributed by atoms with Crippen molar-refractivity contribution >= 4 is 10.0 Å². The SMILES string of the molecule is COC(C)C(C)NCCS(N)(=O)=O. The van der Waals surface area contributed by atoms with Gasteiger partial charge in [0, 0.05) is 19.7 Å². The number of nitrogens with one attached hydrogen (secondary N) is 1.